The summed E-state index contributed by atoms with van der Waals surface area (Å²) in [6.07, 6.45) is 3.28. The van der Waals surface area contributed by atoms with Gasteiger partial charge in [-0.3, -0.25) is 9.69 Å². The molecule has 2 aromatic carbocycles. The minimum atomic E-state index is -0.139. The second-order valence-corrected chi connectivity index (χ2v) is 7.87. The normalized spacial score (nSPS) is 11.5. The van der Waals surface area contributed by atoms with Gasteiger partial charge >= 0.3 is 0 Å². The molecule has 3 aromatic rings. The average molecular weight is 416 g/mol. The molecule has 7 heteroatoms. The van der Waals surface area contributed by atoms with Crippen LogP contribution in [-0.4, -0.2) is 50.1 Å². The Balaban J connectivity index is 1.92. The first-order valence-corrected chi connectivity index (χ1v) is 10.0. The van der Waals surface area contributed by atoms with Crippen molar-refractivity contribution in [3.05, 3.63) is 59.1 Å². The number of nitrogens with zero attached hydrogens (tertiary/aromatic N) is 3. The molecule has 0 atom stereocenters. The Hall–Kier alpha value is -2.41. The van der Waals surface area contributed by atoms with Gasteiger partial charge in [0.2, 0.25) is 0 Å². The van der Waals surface area contributed by atoms with E-state index in [2.05, 4.69) is 4.98 Å². The summed E-state index contributed by atoms with van der Waals surface area (Å²) in [6, 6.07) is 13.2. The van der Waals surface area contributed by atoms with Crippen LogP contribution in [0.25, 0.3) is 16.3 Å². The minimum Gasteiger partial charge on any atom is -0.494 e. The van der Waals surface area contributed by atoms with Crippen molar-refractivity contribution in [1.82, 2.24) is 9.88 Å². The van der Waals surface area contributed by atoms with E-state index in [9.17, 15) is 4.79 Å². The van der Waals surface area contributed by atoms with Crippen LogP contribution in [0.15, 0.2) is 48.5 Å². The van der Waals surface area contributed by atoms with Crippen LogP contribution >= 0.6 is 22.9 Å². The molecule has 0 spiro atoms. The number of hydrogen-bond acceptors (Lipinski definition) is 5. The lowest BCUT2D eigenvalue weighted by atomic mass is 10.2. The van der Waals surface area contributed by atoms with Gasteiger partial charge in [-0.05, 0) is 43.9 Å². The molecule has 0 saturated carbocycles. The molecule has 0 aliphatic rings. The first-order valence-electron chi connectivity index (χ1n) is 8.82. The van der Waals surface area contributed by atoms with E-state index in [1.54, 1.807) is 30.2 Å². The highest BCUT2D eigenvalue weighted by Gasteiger charge is 2.19. The van der Waals surface area contributed by atoms with Gasteiger partial charge in [-0.15, -0.1) is 0 Å². The lowest BCUT2D eigenvalue weighted by molar-refractivity contribution is -0.114. The van der Waals surface area contributed by atoms with E-state index >= 15 is 0 Å². The molecule has 28 heavy (non-hydrogen) atoms. The monoisotopic (exact) mass is 415 g/mol. The van der Waals surface area contributed by atoms with Gasteiger partial charge in [0, 0.05) is 24.2 Å². The fourth-order valence-electron chi connectivity index (χ4n) is 2.65. The maximum absolute atomic E-state index is 13.0. The number of ether oxygens (including phenoxy) is 1. The first-order chi connectivity index (χ1) is 13.5. The van der Waals surface area contributed by atoms with Crippen molar-refractivity contribution in [3.8, 4) is 5.75 Å². The van der Waals surface area contributed by atoms with Crippen molar-refractivity contribution >= 4 is 50.3 Å². The molecular weight excluding hydrogens is 394 g/mol. The van der Waals surface area contributed by atoms with Crippen LogP contribution < -0.4 is 9.64 Å². The molecule has 0 bridgehead atoms. The van der Waals surface area contributed by atoms with E-state index < -0.39 is 0 Å². The number of rotatable bonds is 7. The van der Waals surface area contributed by atoms with Gasteiger partial charge in [0.25, 0.3) is 5.91 Å². The van der Waals surface area contributed by atoms with Gasteiger partial charge < -0.3 is 9.64 Å². The maximum Gasteiger partial charge on any atom is 0.252 e. The lowest BCUT2D eigenvalue weighted by Gasteiger charge is -2.20. The molecule has 0 N–H and O–H groups in total. The Morgan fingerprint density at radius 1 is 1.18 bits per heavy atom. The van der Waals surface area contributed by atoms with Crippen LogP contribution in [0.1, 0.15) is 5.56 Å². The predicted molar refractivity (Wildman–Crippen MR) is 118 cm³/mol. The summed E-state index contributed by atoms with van der Waals surface area (Å²) in [5.41, 5.74) is 1.57. The van der Waals surface area contributed by atoms with E-state index in [-0.39, 0.29) is 5.91 Å². The Morgan fingerprint density at radius 3 is 2.68 bits per heavy atom. The number of benzene rings is 2. The highest BCUT2D eigenvalue weighted by molar-refractivity contribution is 7.22. The highest BCUT2D eigenvalue weighted by atomic mass is 35.5. The summed E-state index contributed by atoms with van der Waals surface area (Å²) in [7, 11) is 5.57. The van der Waals surface area contributed by atoms with Crippen LogP contribution in [0.4, 0.5) is 5.13 Å². The van der Waals surface area contributed by atoms with Crippen LogP contribution in [0.5, 0.6) is 5.75 Å². The number of anilines is 1. The van der Waals surface area contributed by atoms with E-state index in [1.165, 1.54) is 11.3 Å². The standard InChI is InChI=1S/C21H22ClN3O2S/c1-24(2)13-14-25(19(26)12-11-15-7-4-5-8-16(15)22)21-23-20-17(27-3)9-6-10-18(20)28-21/h4-12H,13-14H2,1-3H3. The molecule has 146 valence electrons. The Kier molecular flexibility index (Phi) is 6.67. The van der Waals surface area contributed by atoms with Crippen molar-refractivity contribution in [3.63, 3.8) is 0 Å². The minimum absolute atomic E-state index is 0.139. The quantitative estimate of drug-likeness (QED) is 0.530. The average Bonchev–Trinajstić information content (AvgIpc) is 3.11. The van der Waals surface area contributed by atoms with Gasteiger partial charge in [0.15, 0.2) is 5.13 Å². The molecule has 0 radical (unpaired) electrons. The molecule has 3 rings (SSSR count). The summed E-state index contributed by atoms with van der Waals surface area (Å²) in [6.45, 7) is 1.25. The van der Waals surface area contributed by atoms with Crippen LogP contribution in [0, 0.1) is 0 Å². The van der Waals surface area contributed by atoms with Gasteiger partial charge in [0.1, 0.15) is 11.3 Å². The molecule has 1 aromatic heterocycles. The van der Waals surface area contributed by atoms with Crippen molar-refractivity contribution in [2.75, 3.05) is 39.2 Å². The number of para-hydroxylation sites is 1. The second kappa shape index (κ2) is 9.19. The predicted octanol–water partition coefficient (Wildman–Crippen LogP) is 4.57. The molecule has 0 aliphatic carbocycles. The van der Waals surface area contributed by atoms with Crippen LogP contribution in [0.3, 0.4) is 0 Å². The molecule has 0 saturated heterocycles. The zero-order chi connectivity index (χ0) is 20.1. The van der Waals surface area contributed by atoms with Crippen molar-refractivity contribution in [1.29, 1.82) is 0 Å². The summed E-state index contributed by atoms with van der Waals surface area (Å²) in [5.74, 6) is 0.561. The van der Waals surface area contributed by atoms with Crippen molar-refractivity contribution in [2.45, 2.75) is 0 Å². The lowest BCUT2D eigenvalue weighted by Crippen LogP contribution is -2.35. The molecule has 1 heterocycles. The third-order valence-electron chi connectivity index (χ3n) is 4.17. The molecule has 1 amide bonds. The third-order valence-corrected chi connectivity index (χ3v) is 5.56. The Morgan fingerprint density at radius 2 is 1.96 bits per heavy atom. The SMILES string of the molecule is COc1cccc2sc(N(CCN(C)C)C(=O)C=Cc3ccccc3Cl)nc12. The van der Waals surface area contributed by atoms with E-state index in [1.807, 2.05) is 55.4 Å². The topological polar surface area (TPSA) is 45.7 Å². The molecule has 0 aliphatic heterocycles. The van der Waals surface area contributed by atoms with Crippen LogP contribution in [0.2, 0.25) is 5.02 Å². The first kappa shape index (κ1) is 20.3. The number of carbonyl (C=O) groups excluding carboxylic acids is 1. The largest absolute Gasteiger partial charge is 0.494 e. The van der Waals surface area contributed by atoms with Crippen molar-refractivity contribution in [2.24, 2.45) is 0 Å². The zero-order valence-corrected chi connectivity index (χ0v) is 17.6. The Labute approximate surface area is 173 Å². The number of methoxy groups -OCH3 is 1. The summed E-state index contributed by atoms with van der Waals surface area (Å²) >= 11 is 7.66. The number of thiazole rings is 1. The van der Waals surface area contributed by atoms with Crippen LogP contribution in [-0.2, 0) is 4.79 Å². The number of halogens is 1. The fourth-order valence-corrected chi connectivity index (χ4v) is 3.87. The molecule has 5 nitrogen and oxygen atoms in total. The number of amides is 1. The molecular formula is C21H22ClN3O2S. The molecule has 0 fully saturated rings. The van der Waals surface area contributed by atoms with E-state index in [4.69, 9.17) is 16.3 Å². The zero-order valence-electron chi connectivity index (χ0n) is 16.1. The van der Waals surface area contributed by atoms with Gasteiger partial charge in [-0.25, -0.2) is 4.98 Å². The third kappa shape index (κ3) is 4.70. The van der Waals surface area contributed by atoms with E-state index in [0.29, 0.717) is 22.4 Å². The summed E-state index contributed by atoms with van der Waals surface area (Å²) in [5, 5.41) is 1.26. The number of aromatic nitrogens is 1. The number of hydrogen-bond donors (Lipinski definition) is 0. The maximum atomic E-state index is 13.0. The fraction of sp³-hybridized carbons (Fsp3) is 0.238. The summed E-state index contributed by atoms with van der Waals surface area (Å²) in [4.78, 5) is 21.4. The Bertz CT molecular complexity index is 1000. The highest BCUT2D eigenvalue weighted by Crippen LogP contribution is 2.34. The van der Waals surface area contributed by atoms with Crippen molar-refractivity contribution < 1.29 is 9.53 Å². The number of carbonyl (C=O) groups is 1. The van der Waals surface area contributed by atoms with Gasteiger partial charge in [-0.2, -0.15) is 0 Å². The smallest absolute Gasteiger partial charge is 0.252 e. The van der Waals surface area contributed by atoms with E-state index in [0.717, 1.165) is 22.3 Å². The van der Waals surface area contributed by atoms with Gasteiger partial charge in [0.05, 0.1) is 11.8 Å². The number of likely N-dealkylation sites (N-methyl/N-ethyl adjacent to an activating group) is 1. The second-order valence-electron chi connectivity index (χ2n) is 6.45. The van der Waals surface area contributed by atoms with Gasteiger partial charge in [-0.1, -0.05) is 47.2 Å². The summed E-state index contributed by atoms with van der Waals surface area (Å²) < 4.78 is 6.38. The number of fused-ring (bicyclic) bond motifs is 1. The molecule has 0 unspecified atom stereocenters.